The Bertz CT molecular complexity index is 1090. The van der Waals surface area contributed by atoms with Gasteiger partial charge < -0.3 is 20.9 Å². The Kier molecular flexibility index (Phi) is 4.14. The van der Waals surface area contributed by atoms with Crippen molar-refractivity contribution in [2.45, 2.75) is 19.3 Å². The predicted molar refractivity (Wildman–Crippen MR) is 105 cm³/mol. The number of nitrogens with two attached hydrogens (primary N) is 1. The van der Waals surface area contributed by atoms with Gasteiger partial charge in [-0.25, -0.2) is 18.7 Å². The second kappa shape index (κ2) is 6.40. The summed E-state index contributed by atoms with van der Waals surface area (Å²) >= 11 is 0. The third kappa shape index (κ3) is 3.11. The van der Waals surface area contributed by atoms with Crippen molar-refractivity contribution in [1.29, 1.82) is 5.41 Å². The molecule has 1 saturated carbocycles. The Balaban J connectivity index is 1.68. The Hall–Kier alpha value is -3.29. The van der Waals surface area contributed by atoms with Gasteiger partial charge in [-0.15, -0.1) is 0 Å². The molecule has 1 unspecified atom stereocenters. The summed E-state index contributed by atoms with van der Waals surface area (Å²) in [4.78, 5) is 8.72. The van der Waals surface area contributed by atoms with E-state index in [0.29, 0.717) is 22.6 Å². The van der Waals surface area contributed by atoms with E-state index in [9.17, 15) is 8.78 Å². The molecule has 28 heavy (non-hydrogen) atoms. The number of hydrogen-bond acceptors (Lipinski definition) is 5. The molecule has 3 aromatic heterocycles. The monoisotopic (exact) mass is 382 g/mol. The first-order valence-corrected chi connectivity index (χ1v) is 8.85. The van der Waals surface area contributed by atoms with E-state index in [-0.39, 0.29) is 13.0 Å². The molecule has 0 aromatic carbocycles. The summed E-state index contributed by atoms with van der Waals surface area (Å²) < 4.78 is 28.7. The number of imidazole rings is 1. The first-order chi connectivity index (χ1) is 13.3. The number of hydrogen-bond donors (Lipinski definition) is 3. The topological polar surface area (TPSA) is 92.1 Å². The zero-order valence-corrected chi connectivity index (χ0v) is 15.3. The molecule has 4 rings (SSSR count). The molecule has 6 nitrogen and oxygen atoms in total. The first-order valence-electron chi connectivity index (χ1n) is 8.85. The summed E-state index contributed by atoms with van der Waals surface area (Å²) in [5, 5.41) is 10.7. The van der Waals surface area contributed by atoms with Gasteiger partial charge in [0.25, 0.3) is 5.92 Å². The standard InChI is InChI=1S/C20H20F2N6/c1-19(11-20(19,21)22)12-25-10-14(9-23)15-2-3-16(24)27-18(15)13-4-6-28-7-5-26-17(28)8-13/h2-10,23,25H,11-12H2,1H3,(H2,24,27)/b14-10+,23-9?. The number of allylic oxidation sites excluding steroid dienone is 1. The minimum Gasteiger partial charge on any atom is -0.390 e. The van der Waals surface area contributed by atoms with Gasteiger partial charge in [0, 0.05) is 60.7 Å². The van der Waals surface area contributed by atoms with Crippen molar-refractivity contribution in [2.24, 2.45) is 5.41 Å². The largest absolute Gasteiger partial charge is 0.390 e. The summed E-state index contributed by atoms with van der Waals surface area (Å²) in [7, 11) is 0. The Morgan fingerprint density at radius 1 is 1.36 bits per heavy atom. The van der Waals surface area contributed by atoms with Crippen LogP contribution in [-0.2, 0) is 0 Å². The summed E-state index contributed by atoms with van der Waals surface area (Å²) in [5.74, 6) is -2.28. The van der Waals surface area contributed by atoms with Gasteiger partial charge in [-0.2, -0.15) is 0 Å². The number of halogens is 2. The number of nitrogen functional groups attached to an aromatic ring is 1. The highest BCUT2D eigenvalue weighted by Crippen LogP contribution is 2.59. The number of anilines is 1. The van der Waals surface area contributed by atoms with Gasteiger partial charge in [0.1, 0.15) is 11.5 Å². The number of fused-ring (bicyclic) bond motifs is 1. The lowest BCUT2D eigenvalue weighted by molar-refractivity contribution is 0.0710. The summed E-state index contributed by atoms with van der Waals surface area (Å²) in [6.07, 6.45) is 8.04. The summed E-state index contributed by atoms with van der Waals surface area (Å²) in [6.45, 7) is 1.68. The van der Waals surface area contributed by atoms with Gasteiger partial charge in [0.15, 0.2) is 0 Å². The SMILES string of the molecule is CC1(CN/C=C(\C=N)c2ccc(N)nc2-c2ccn3ccnc3c2)CC1(F)F. The molecule has 0 bridgehead atoms. The summed E-state index contributed by atoms with van der Waals surface area (Å²) in [5.41, 5.74) is 8.22. The maximum Gasteiger partial charge on any atom is 0.256 e. The van der Waals surface area contributed by atoms with E-state index in [2.05, 4.69) is 15.3 Å². The number of alkyl halides is 2. The van der Waals surface area contributed by atoms with Crippen LogP contribution in [-0.4, -0.2) is 33.1 Å². The number of nitrogens with zero attached hydrogens (tertiary/aromatic N) is 3. The van der Waals surface area contributed by atoms with E-state index < -0.39 is 11.3 Å². The van der Waals surface area contributed by atoms with Gasteiger partial charge in [0.05, 0.1) is 11.1 Å². The second-order valence-electron chi connectivity index (χ2n) is 7.31. The molecular formula is C20H20F2N6. The molecule has 144 valence electrons. The lowest BCUT2D eigenvalue weighted by Crippen LogP contribution is -2.22. The molecule has 0 aliphatic heterocycles. The van der Waals surface area contributed by atoms with E-state index in [4.69, 9.17) is 11.1 Å². The highest BCUT2D eigenvalue weighted by atomic mass is 19.3. The molecule has 3 heterocycles. The molecule has 0 radical (unpaired) electrons. The second-order valence-corrected chi connectivity index (χ2v) is 7.31. The van der Waals surface area contributed by atoms with Gasteiger partial charge >= 0.3 is 0 Å². The normalized spacial score (nSPS) is 20.9. The third-order valence-corrected chi connectivity index (χ3v) is 5.17. The lowest BCUT2D eigenvalue weighted by atomic mass is 10.0. The van der Waals surface area contributed by atoms with Crippen LogP contribution in [0.25, 0.3) is 22.5 Å². The average molecular weight is 382 g/mol. The van der Waals surface area contributed by atoms with Crippen molar-refractivity contribution in [3.05, 3.63) is 54.6 Å². The molecule has 1 aliphatic rings. The van der Waals surface area contributed by atoms with Crippen molar-refractivity contribution in [1.82, 2.24) is 19.7 Å². The first kappa shape index (κ1) is 18.1. The van der Waals surface area contributed by atoms with Crippen molar-refractivity contribution >= 4 is 23.3 Å². The van der Waals surface area contributed by atoms with Crippen LogP contribution in [0, 0.1) is 10.8 Å². The maximum atomic E-state index is 13.4. The zero-order chi connectivity index (χ0) is 19.9. The average Bonchev–Trinajstić information content (AvgIpc) is 2.98. The third-order valence-electron chi connectivity index (χ3n) is 5.17. The number of pyridine rings is 2. The van der Waals surface area contributed by atoms with Crippen molar-refractivity contribution in [3.8, 4) is 11.3 Å². The fraction of sp³-hybridized carbons (Fsp3) is 0.250. The Labute approximate surface area is 160 Å². The van der Waals surface area contributed by atoms with Crippen molar-refractivity contribution in [3.63, 3.8) is 0 Å². The number of rotatable bonds is 6. The van der Waals surface area contributed by atoms with Gasteiger partial charge in [0.2, 0.25) is 0 Å². The fourth-order valence-corrected chi connectivity index (χ4v) is 3.21. The van der Waals surface area contributed by atoms with E-state index in [1.54, 1.807) is 31.5 Å². The molecule has 1 fully saturated rings. The van der Waals surface area contributed by atoms with Gasteiger partial charge in [-0.3, -0.25) is 0 Å². The Morgan fingerprint density at radius 3 is 2.86 bits per heavy atom. The zero-order valence-electron chi connectivity index (χ0n) is 15.3. The molecule has 0 spiro atoms. The van der Waals surface area contributed by atoms with E-state index in [0.717, 1.165) is 11.2 Å². The Morgan fingerprint density at radius 2 is 2.14 bits per heavy atom. The van der Waals surface area contributed by atoms with E-state index in [1.165, 1.54) is 6.21 Å². The van der Waals surface area contributed by atoms with Gasteiger partial charge in [-0.05, 0) is 24.3 Å². The highest BCUT2D eigenvalue weighted by molar-refractivity contribution is 6.10. The van der Waals surface area contributed by atoms with Crippen LogP contribution in [0.5, 0.6) is 0 Å². The van der Waals surface area contributed by atoms with Crippen molar-refractivity contribution in [2.75, 3.05) is 12.3 Å². The minimum absolute atomic E-state index is 0.125. The molecule has 1 aliphatic carbocycles. The van der Waals surface area contributed by atoms with Crippen molar-refractivity contribution < 1.29 is 8.78 Å². The van der Waals surface area contributed by atoms with Crippen LogP contribution in [0.2, 0.25) is 0 Å². The molecule has 0 saturated heterocycles. The highest BCUT2D eigenvalue weighted by Gasteiger charge is 2.67. The number of aromatic nitrogens is 3. The predicted octanol–water partition coefficient (Wildman–Crippen LogP) is 3.60. The van der Waals surface area contributed by atoms with Crippen LogP contribution in [0.15, 0.2) is 49.1 Å². The molecule has 1 atom stereocenters. The van der Waals surface area contributed by atoms with Gasteiger partial charge in [-0.1, -0.05) is 6.92 Å². The molecule has 3 aromatic rings. The van der Waals surface area contributed by atoms with E-state index >= 15 is 0 Å². The number of nitrogens with one attached hydrogen (secondary N) is 2. The van der Waals surface area contributed by atoms with E-state index in [1.807, 2.05) is 28.9 Å². The lowest BCUT2D eigenvalue weighted by Gasteiger charge is -2.13. The minimum atomic E-state index is -2.63. The van der Waals surface area contributed by atoms with Crippen LogP contribution < -0.4 is 11.1 Å². The molecule has 4 N–H and O–H groups in total. The van der Waals surface area contributed by atoms with Crippen LogP contribution in [0.3, 0.4) is 0 Å². The van der Waals surface area contributed by atoms with Crippen LogP contribution in [0.1, 0.15) is 18.9 Å². The molecule has 8 heteroatoms. The maximum absolute atomic E-state index is 13.4. The van der Waals surface area contributed by atoms with Crippen LogP contribution >= 0.6 is 0 Å². The molecular weight excluding hydrogens is 362 g/mol. The molecule has 0 amide bonds. The fourth-order valence-electron chi connectivity index (χ4n) is 3.21. The summed E-state index contributed by atoms with van der Waals surface area (Å²) in [6, 6.07) is 7.20. The quantitative estimate of drug-likeness (QED) is 0.568. The smallest absolute Gasteiger partial charge is 0.256 e. The van der Waals surface area contributed by atoms with Crippen LogP contribution in [0.4, 0.5) is 14.6 Å².